The summed E-state index contributed by atoms with van der Waals surface area (Å²) in [5.41, 5.74) is 0.0494. The number of rotatable bonds is 3. The maximum absolute atomic E-state index is 10.7. The van der Waals surface area contributed by atoms with Crippen LogP contribution < -0.4 is 0 Å². The molecule has 0 unspecified atom stereocenters. The van der Waals surface area contributed by atoms with Gasteiger partial charge in [0.15, 0.2) is 0 Å². The van der Waals surface area contributed by atoms with Crippen LogP contribution in [0.3, 0.4) is 0 Å². The zero-order valence-electron chi connectivity index (χ0n) is 7.07. The van der Waals surface area contributed by atoms with Gasteiger partial charge >= 0.3 is 5.97 Å². The molecule has 1 heterocycles. The molecule has 0 aliphatic carbocycles. The fourth-order valence-electron chi connectivity index (χ4n) is 0.900. The van der Waals surface area contributed by atoms with Gasteiger partial charge in [-0.15, -0.1) is 0 Å². The number of hydrogen-bond acceptors (Lipinski definition) is 3. The van der Waals surface area contributed by atoms with Crippen molar-refractivity contribution >= 4 is 5.97 Å². The van der Waals surface area contributed by atoms with Crippen molar-refractivity contribution in [3.63, 3.8) is 0 Å². The predicted octanol–water partition coefficient (Wildman–Crippen LogP) is 1.33. The van der Waals surface area contributed by atoms with Crippen LogP contribution in [0.4, 0.5) is 0 Å². The Kier molecular flexibility index (Phi) is 2.17. The highest BCUT2D eigenvalue weighted by molar-refractivity contribution is 5.73. The van der Waals surface area contributed by atoms with Gasteiger partial charge in [0.05, 0.1) is 11.6 Å². The first-order valence-electron chi connectivity index (χ1n) is 3.64. The van der Waals surface area contributed by atoms with Crippen molar-refractivity contribution in [2.24, 2.45) is 5.41 Å². The highest BCUT2D eigenvalue weighted by atomic mass is 16.5. The molecule has 0 spiro atoms. The average Bonchev–Trinajstić information content (AvgIpc) is 2.38. The zero-order valence-corrected chi connectivity index (χ0v) is 7.07. The van der Waals surface area contributed by atoms with Crippen molar-refractivity contribution < 1.29 is 14.4 Å². The molecule has 0 saturated carbocycles. The second-order valence-corrected chi connectivity index (χ2v) is 3.40. The molecule has 1 aromatic rings. The molecule has 0 fully saturated rings. The van der Waals surface area contributed by atoms with Crippen LogP contribution in [-0.2, 0) is 11.2 Å². The largest absolute Gasteiger partial charge is 0.481 e. The van der Waals surface area contributed by atoms with Gasteiger partial charge in [-0.2, -0.15) is 0 Å². The Labute approximate surface area is 70.2 Å². The van der Waals surface area contributed by atoms with Gasteiger partial charge < -0.3 is 9.63 Å². The third-order valence-electron chi connectivity index (χ3n) is 1.71. The van der Waals surface area contributed by atoms with Gasteiger partial charge in [0.1, 0.15) is 6.26 Å². The molecule has 0 aliphatic rings. The molecule has 1 N–H and O–H groups in total. The van der Waals surface area contributed by atoms with Crippen molar-refractivity contribution in [3.8, 4) is 0 Å². The van der Waals surface area contributed by atoms with Crippen LogP contribution in [0.15, 0.2) is 17.0 Å². The predicted molar refractivity (Wildman–Crippen MR) is 41.6 cm³/mol. The molecule has 12 heavy (non-hydrogen) atoms. The fourth-order valence-corrected chi connectivity index (χ4v) is 0.900. The fraction of sp³-hybridized carbons (Fsp3) is 0.500. The van der Waals surface area contributed by atoms with Gasteiger partial charge in [0, 0.05) is 5.56 Å². The number of carboxylic acids is 1. The second kappa shape index (κ2) is 2.97. The zero-order chi connectivity index (χ0) is 9.19. The van der Waals surface area contributed by atoms with E-state index in [4.69, 9.17) is 5.11 Å². The number of aliphatic carboxylic acids is 1. The first kappa shape index (κ1) is 8.77. The molecule has 0 amide bonds. The molecule has 0 atom stereocenters. The normalized spacial score (nSPS) is 11.5. The van der Waals surface area contributed by atoms with Crippen LogP contribution in [0.25, 0.3) is 0 Å². The molecule has 66 valence electrons. The molecule has 1 rings (SSSR count). The van der Waals surface area contributed by atoms with E-state index in [1.54, 1.807) is 13.8 Å². The molecular weight excluding hydrogens is 158 g/mol. The number of carboxylic acid groups (broad SMARTS) is 1. The minimum absolute atomic E-state index is 0.436. The third-order valence-corrected chi connectivity index (χ3v) is 1.71. The van der Waals surface area contributed by atoms with E-state index in [2.05, 4.69) is 9.68 Å². The number of hydrogen-bond donors (Lipinski definition) is 1. The van der Waals surface area contributed by atoms with Crippen molar-refractivity contribution in [2.45, 2.75) is 20.3 Å². The minimum atomic E-state index is -0.816. The van der Waals surface area contributed by atoms with E-state index in [0.29, 0.717) is 6.42 Å². The summed E-state index contributed by atoms with van der Waals surface area (Å²) in [6, 6.07) is 0. The number of carbonyl (C=O) groups is 1. The smallest absolute Gasteiger partial charge is 0.309 e. The summed E-state index contributed by atoms with van der Waals surface area (Å²) < 4.78 is 4.60. The Balaban J connectivity index is 2.69. The molecule has 4 heteroatoms. The van der Waals surface area contributed by atoms with E-state index in [-0.39, 0.29) is 0 Å². The maximum atomic E-state index is 10.7. The number of nitrogens with zero attached hydrogens (tertiary/aromatic N) is 1. The molecule has 4 nitrogen and oxygen atoms in total. The molecule has 0 radical (unpaired) electrons. The van der Waals surface area contributed by atoms with E-state index in [9.17, 15) is 4.79 Å². The van der Waals surface area contributed by atoms with Crippen LogP contribution in [0.1, 0.15) is 19.4 Å². The Morgan fingerprint density at radius 2 is 2.42 bits per heavy atom. The lowest BCUT2D eigenvalue weighted by Gasteiger charge is -2.16. The lowest BCUT2D eigenvalue weighted by molar-refractivity contribution is -0.146. The summed E-state index contributed by atoms with van der Waals surface area (Å²) in [7, 11) is 0. The van der Waals surface area contributed by atoms with E-state index in [0.717, 1.165) is 5.56 Å². The average molecular weight is 169 g/mol. The summed E-state index contributed by atoms with van der Waals surface area (Å²) in [6.07, 6.45) is 3.43. The quantitative estimate of drug-likeness (QED) is 0.741. The number of aromatic nitrogens is 1. The van der Waals surface area contributed by atoms with Gasteiger partial charge in [-0.25, -0.2) is 0 Å². The van der Waals surface area contributed by atoms with Crippen LogP contribution >= 0.6 is 0 Å². The molecule has 0 saturated heterocycles. The third kappa shape index (κ3) is 1.84. The lowest BCUT2D eigenvalue weighted by Crippen LogP contribution is -2.25. The van der Waals surface area contributed by atoms with Crippen molar-refractivity contribution in [2.75, 3.05) is 0 Å². The molecule has 0 aliphatic heterocycles. The monoisotopic (exact) mass is 169 g/mol. The topological polar surface area (TPSA) is 63.3 Å². The van der Waals surface area contributed by atoms with Crippen molar-refractivity contribution in [1.29, 1.82) is 0 Å². The van der Waals surface area contributed by atoms with E-state index in [1.165, 1.54) is 12.5 Å². The second-order valence-electron chi connectivity index (χ2n) is 3.40. The first-order valence-corrected chi connectivity index (χ1v) is 3.64. The van der Waals surface area contributed by atoms with Crippen LogP contribution in [0, 0.1) is 5.41 Å². The van der Waals surface area contributed by atoms with E-state index >= 15 is 0 Å². The molecule has 0 bridgehead atoms. The molecular formula is C8H11NO3. The summed E-state index contributed by atoms with van der Waals surface area (Å²) in [4.78, 5) is 10.7. The van der Waals surface area contributed by atoms with E-state index < -0.39 is 11.4 Å². The lowest BCUT2D eigenvalue weighted by atomic mass is 9.87. The summed E-state index contributed by atoms with van der Waals surface area (Å²) in [5, 5.41) is 12.3. The van der Waals surface area contributed by atoms with Gasteiger partial charge in [-0.05, 0) is 20.3 Å². The highest BCUT2D eigenvalue weighted by Gasteiger charge is 2.27. The van der Waals surface area contributed by atoms with Gasteiger partial charge in [-0.3, -0.25) is 4.79 Å². The van der Waals surface area contributed by atoms with Crippen LogP contribution in [-0.4, -0.2) is 16.2 Å². The summed E-state index contributed by atoms with van der Waals surface area (Å²) in [5.74, 6) is -0.816. The van der Waals surface area contributed by atoms with Gasteiger partial charge in [0.25, 0.3) is 0 Å². The van der Waals surface area contributed by atoms with E-state index in [1.807, 2.05) is 0 Å². The summed E-state index contributed by atoms with van der Waals surface area (Å²) >= 11 is 0. The Morgan fingerprint density at radius 3 is 2.83 bits per heavy atom. The molecule has 0 aromatic carbocycles. The highest BCUT2D eigenvalue weighted by Crippen LogP contribution is 2.21. The van der Waals surface area contributed by atoms with Gasteiger partial charge in [-0.1, -0.05) is 5.16 Å². The summed E-state index contributed by atoms with van der Waals surface area (Å²) in [6.45, 7) is 3.34. The standard InChI is InChI=1S/C8H11NO3/c1-8(2,7(10)11)3-6-4-9-12-5-6/h4-5H,3H2,1-2H3,(H,10,11). The first-order chi connectivity index (χ1) is 5.52. The van der Waals surface area contributed by atoms with Gasteiger partial charge in [0.2, 0.25) is 0 Å². The Morgan fingerprint density at radius 1 is 1.75 bits per heavy atom. The molecule has 1 aromatic heterocycles. The van der Waals surface area contributed by atoms with Crippen LogP contribution in [0.2, 0.25) is 0 Å². The van der Waals surface area contributed by atoms with Crippen LogP contribution in [0.5, 0.6) is 0 Å². The Hall–Kier alpha value is -1.32. The maximum Gasteiger partial charge on any atom is 0.309 e. The van der Waals surface area contributed by atoms with Crippen molar-refractivity contribution in [1.82, 2.24) is 5.16 Å². The Bertz CT molecular complexity index is 264. The SMILES string of the molecule is CC(C)(Cc1cnoc1)C(=O)O. The minimum Gasteiger partial charge on any atom is -0.481 e. The van der Waals surface area contributed by atoms with Crippen molar-refractivity contribution in [3.05, 3.63) is 18.0 Å².